The number of benzene rings is 1. The van der Waals surface area contributed by atoms with Crippen LogP contribution in [0.4, 0.5) is 0 Å². The number of hydrogen-bond acceptors (Lipinski definition) is 4. The van der Waals surface area contributed by atoms with Gasteiger partial charge in [0.15, 0.2) is 0 Å². The van der Waals surface area contributed by atoms with Crippen LogP contribution in [-0.2, 0) is 6.54 Å². The lowest BCUT2D eigenvalue weighted by atomic mass is 10.2. The standard InChI is InChI=1S/C13H13N5/c1-9-6-13(10(7-14)8-15-9)18-12-5-3-2-4-11(12)16-17-18/h2-6,8H,7,14H2,1H3. The number of pyridine rings is 1. The first kappa shape index (κ1) is 10.9. The molecule has 90 valence electrons. The highest BCUT2D eigenvalue weighted by Crippen LogP contribution is 2.19. The molecule has 0 aliphatic heterocycles. The van der Waals surface area contributed by atoms with Gasteiger partial charge in [-0.15, -0.1) is 5.10 Å². The maximum absolute atomic E-state index is 5.75. The zero-order valence-electron chi connectivity index (χ0n) is 10.0. The Balaban J connectivity index is 2.29. The third-order valence-electron chi connectivity index (χ3n) is 2.90. The zero-order valence-corrected chi connectivity index (χ0v) is 10.0. The van der Waals surface area contributed by atoms with Crippen molar-refractivity contribution in [3.05, 3.63) is 47.8 Å². The topological polar surface area (TPSA) is 69.6 Å². The Morgan fingerprint density at radius 3 is 2.94 bits per heavy atom. The van der Waals surface area contributed by atoms with Crippen molar-refractivity contribution in [3.8, 4) is 5.69 Å². The molecule has 0 fully saturated rings. The van der Waals surface area contributed by atoms with E-state index in [0.29, 0.717) is 6.54 Å². The van der Waals surface area contributed by atoms with Crippen LogP contribution in [0.2, 0.25) is 0 Å². The second-order valence-electron chi connectivity index (χ2n) is 4.15. The monoisotopic (exact) mass is 239 g/mol. The fraction of sp³-hybridized carbons (Fsp3) is 0.154. The molecule has 5 nitrogen and oxygen atoms in total. The predicted octanol–water partition coefficient (Wildman–Crippen LogP) is 1.58. The molecule has 18 heavy (non-hydrogen) atoms. The second kappa shape index (κ2) is 4.19. The van der Waals surface area contributed by atoms with E-state index in [2.05, 4.69) is 15.3 Å². The summed E-state index contributed by atoms with van der Waals surface area (Å²) in [5.74, 6) is 0. The van der Waals surface area contributed by atoms with Crippen molar-refractivity contribution < 1.29 is 0 Å². The van der Waals surface area contributed by atoms with Crippen molar-refractivity contribution in [1.82, 2.24) is 20.0 Å². The highest BCUT2D eigenvalue weighted by molar-refractivity contribution is 5.76. The third-order valence-corrected chi connectivity index (χ3v) is 2.90. The van der Waals surface area contributed by atoms with Gasteiger partial charge in [-0.1, -0.05) is 17.3 Å². The first-order valence-electron chi connectivity index (χ1n) is 5.76. The van der Waals surface area contributed by atoms with E-state index in [4.69, 9.17) is 5.73 Å². The van der Waals surface area contributed by atoms with Gasteiger partial charge in [-0.05, 0) is 25.1 Å². The average molecular weight is 239 g/mol. The van der Waals surface area contributed by atoms with E-state index in [1.807, 2.05) is 41.9 Å². The molecule has 2 heterocycles. The van der Waals surface area contributed by atoms with E-state index in [0.717, 1.165) is 28.0 Å². The van der Waals surface area contributed by atoms with Crippen LogP contribution in [0.3, 0.4) is 0 Å². The summed E-state index contributed by atoms with van der Waals surface area (Å²) in [5, 5.41) is 8.35. The van der Waals surface area contributed by atoms with E-state index in [1.165, 1.54) is 0 Å². The maximum Gasteiger partial charge on any atom is 0.113 e. The maximum atomic E-state index is 5.75. The minimum atomic E-state index is 0.427. The molecule has 0 radical (unpaired) electrons. The van der Waals surface area contributed by atoms with Crippen molar-refractivity contribution in [2.24, 2.45) is 5.73 Å². The molecule has 5 heteroatoms. The number of aryl methyl sites for hydroxylation is 1. The number of hydrogen-bond donors (Lipinski definition) is 1. The molecule has 0 aliphatic rings. The zero-order chi connectivity index (χ0) is 12.5. The summed E-state index contributed by atoms with van der Waals surface area (Å²) < 4.78 is 1.81. The highest BCUT2D eigenvalue weighted by Gasteiger charge is 2.10. The molecule has 2 aromatic heterocycles. The molecule has 0 aliphatic carbocycles. The number of rotatable bonds is 2. The molecule has 3 aromatic rings. The van der Waals surface area contributed by atoms with Crippen LogP contribution in [0.25, 0.3) is 16.7 Å². The summed E-state index contributed by atoms with van der Waals surface area (Å²) in [6, 6.07) is 9.82. The fourth-order valence-corrected chi connectivity index (χ4v) is 1.98. The van der Waals surface area contributed by atoms with Crippen LogP contribution in [0.1, 0.15) is 11.3 Å². The van der Waals surface area contributed by atoms with Crippen molar-refractivity contribution in [1.29, 1.82) is 0 Å². The quantitative estimate of drug-likeness (QED) is 0.737. The van der Waals surface area contributed by atoms with Crippen LogP contribution < -0.4 is 5.73 Å². The number of para-hydroxylation sites is 1. The second-order valence-corrected chi connectivity index (χ2v) is 4.15. The van der Waals surface area contributed by atoms with Gasteiger partial charge < -0.3 is 5.73 Å². The van der Waals surface area contributed by atoms with Crippen LogP contribution in [0, 0.1) is 6.92 Å². The smallest absolute Gasteiger partial charge is 0.113 e. The summed E-state index contributed by atoms with van der Waals surface area (Å²) in [6.07, 6.45) is 1.79. The summed E-state index contributed by atoms with van der Waals surface area (Å²) in [4.78, 5) is 4.26. The molecule has 0 atom stereocenters. The van der Waals surface area contributed by atoms with Gasteiger partial charge in [0.1, 0.15) is 5.52 Å². The van der Waals surface area contributed by atoms with Gasteiger partial charge in [-0.2, -0.15) is 0 Å². The molecular weight excluding hydrogens is 226 g/mol. The molecule has 0 spiro atoms. The van der Waals surface area contributed by atoms with Crippen molar-refractivity contribution >= 4 is 11.0 Å². The lowest BCUT2D eigenvalue weighted by Crippen LogP contribution is -2.07. The SMILES string of the molecule is Cc1cc(-n2nnc3ccccc32)c(CN)cn1. The van der Waals surface area contributed by atoms with Gasteiger partial charge in [-0.3, -0.25) is 4.98 Å². The lowest BCUT2D eigenvalue weighted by Gasteiger charge is -2.08. The van der Waals surface area contributed by atoms with E-state index in [1.54, 1.807) is 6.20 Å². The minimum absolute atomic E-state index is 0.427. The van der Waals surface area contributed by atoms with Crippen molar-refractivity contribution in [2.75, 3.05) is 0 Å². The van der Waals surface area contributed by atoms with E-state index in [9.17, 15) is 0 Å². The number of nitrogens with zero attached hydrogens (tertiary/aromatic N) is 4. The van der Waals surface area contributed by atoms with Crippen LogP contribution in [-0.4, -0.2) is 20.0 Å². The Bertz CT molecular complexity index is 701. The Hall–Kier alpha value is -2.27. The molecule has 0 saturated heterocycles. The molecule has 0 amide bonds. The Morgan fingerprint density at radius 1 is 1.28 bits per heavy atom. The largest absolute Gasteiger partial charge is 0.326 e. The van der Waals surface area contributed by atoms with Crippen LogP contribution >= 0.6 is 0 Å². The van der Waals surface area contributed by atoms with Crippen molar-refractivity contribution in [2.45, 2.75) is 13.5 Å². The molecule has 1 aromatic carbocycles. The lowest BCUT2D eigenvalue weighted by molar-refractivity contribution is 0.806. The Kier molecular flexibility index (Phi) is 2.53. The van der Waals surface area contributed by atoms with Gasteiger partial charge in [-0.25, -0.2) is 4.68 Å². The number of aromatic nitrogens is 4. The van der Waals surface area contributed by atoms with Gasteiger partial charge in [0, 0.05) is 24.0 Å². The first-order chi connectivity index (χ1) is 8.79. The van der Waals surface area contributed by atoms with Gasteiger partial charge in [0.25, 0.3) is 0 Å². The van der Waals surface area contributed by atoms with Crippen molar-refractivity contribution in [3.63, 3.8) is 0 Å². The molecule has 0 bridgehead atoms. The van der Waals surface area contributed by atoms with Gasteiger partial charge in [0.2, 0.25) is 0 Å². The molecule has 2 N–H and O–H groups in total. The first-order valence-corrected chi connectivity index (χ1v) is 5.76. The molecule has 0 saturated carbocycles. The fourth-order valence-electron chi connectivity index (χ4n) is 1.98. The predicted molar refractivity (Wildman–Crippen MR) is 69.3 cm³/mol. The number of nitrogens with two attached hydrogens (primary N) is 1. The van der Waals surface area contributed by atoms with Gasteiger partial charge in [0.05, 0.1) is 11.2 Å². The third kappa shape index (κ3) is 1.65. The summed E-state index contributed by atoms with van der Waals surface area (Å²) in [6.45, 7) is 2.37. The summed E-state index contributed by atoms with van der Waals surface area (Å²) >= 11 is 0. The minimum Gasteiger partial charge on any atom is -0.326 e. The highest BCUT2D eigenvalue weighted by atomic mass is 15.4. The Labute approximate surface area is 104 Å². The molecular formula is C13H13N5. The van der Waals surface area contributed by atoms with Crippen LogP contribution in [0.5, 0.6) is 0 Å². The number of fused-ring (bicyclic) bond motifs is 1. The van der Waals surface area contributed by atoms with E-state index < -0.39 is 0 Å². The van der Waals surface area contributed by atoms with E-state index >= 15 is 0 Å². The molecule has 3 rings (SSSR count). The van der Waals surface area contributed by atoms with Gasteiger partial charge >= 0.3 is 0 Å². The summed E-state index contributed by atoms with van der Waals surface area (Å²) in [5.41, 5.74) is 10.4. The van der Waals surface area contributed by atoms with Crippen LogP contribution in [0.15, 0.2) is 36.5 Å². The Morgan fingerprint density at radius 2 is 2.11 bits per heavy atom. The van der Waals surface area contributed by atoms with E-state index in [-0.39, 0.29) is 0 Å². The average Bonchev–Trinajstić information content (AvgIpc) is 2.82. The molecule has 0 unspecified atom stereocenters. The normalized spacial score (nSPS) is 11.0. The summed E-state index contributed by atoms with van der Waals surface area (Å²) in [7, 11) is 0.